The zero-order valence-corrected chi connectivity index (χ0v) is 25.4. The van der Waals surface area contributed by atoms with E-state index >= 15 is 0 Å². The molecule has 0 bridgehead atoms. The molecule has 2 aliphatic carbocycles. The third-order valence-electron chi connectivity index (χ3n) is 7.94. The molecule has 238 valence electrons. The van der Waals surface area contributed by atoms with E-state index in [2.05, 4.69) is 41.6 Å². The molecule has 2 heterocycles. The lowest BCUT2D eigenvalue weighted by Gasteiger charge is -2.34. The van der Waals surface area contributed by atoms with Gasteiger partial charge in [0.15, 0.2) is 11.5 Å². The molecule has 0 saturated heterocycles. The van der Waals surface area contributed by atoms with Crippen LogP contribution in [0.3, 0.4) is 0 Å². The molecule has 0 aliphatic heterocycles. The van der Waals surface area contributed by atoms with Crippen molar-refractivity contribution in [3.8, 4) is 0 Å². The van der Waals surface area contributed by atoms with Gasteiger partial charge < -0.3 is 26.0 Å². The third kappa shape index (κ3) is 7.99. The van der Waals surface area contributed by atoms with Crippen LogP contribution in [0.15, 0.2) is 89.8 Å². The summed E-state index contributed by atoms with van der Waals surface area (Å²) in [6, 6.07) is 9.69. The molecule has 4 atom stereocenters. The second-order valence-electron chi connectivity index (χ2n) is 11.8. The van der Waals surface area contributed by atoms with Gasteiger partial charge in [-0.1, -0.05) is 72.9 Å². The Morgan fingerprint density at radius 2 is 1.80 bits per heavy atom. The van der Waals surface area contributed by atoms with Gasteiger partial charge in [0.25, 0.3) is 17.7 Å². The number of rotatable bonds is 11. The van der Waals surface area contributed by atoms with Crippen molar-refractivity contribution in [2.75, 3.05) is 0 Å². The van der Waals surface area contributed by atoms with Crippen molar-refractivity contribution >= 4 is 23.3 Å². The first-order valence-electron chi connectivity index (χ1n) is 14.9. The number of aliphatic hydroxyl groups is 1. The number of nitrogens with one attached hydrogen (secondary N) is 5. The van der Waals surface area contributed by atoms with E-state index in [4.69, 9.17) is 0 Å². The second kappa shape index (κ2) is 14.1. The fourth-order valence-electron chi connectivity index (χ4n) is 5.38. The van der Waals surface area contributed by atoms with Gasteiger partial charge in [-0.05, 0) is 43.9 Å². The van der Waals surface area contributed by atoms with Crippen molar-refractivity contribution in [2.45, 2.75) is 56.8 Å². The van der Waals surface area contributed by atoms with Crippen molar-refractivity contribution < 1.29 is 19.5 Å². The lowest BCUT2D eigenvalue weighted by atomic mass is 9.82. The topological polar surface area (TPSA) is 195 Å². The Morgan fingerprint density at radius 1 is 1.04 bits per heavy atom. The molecule has 1 aromatic carbocycles. The van der Waals surface area contributed by atoms with Crippen LogP contribution in [0.5, 0.6) is 0 Å². The number of tetrazole rings is 1. The highest BCUT2D eigenvalue weighted by Gasteiger charge is 2.32. The number of amides is 3. The van der Waals surface area contributed by atoms with E-state index in [9.17, 15) is 24.3 Å². The lowest BCUT2D eigenvalue weighted by Crippen LogP contribution is -2.53. The van der Waals surface area contributed by atoms with Gasteiger partial charge >= 0.3 is 0 Å². The van der Waals surface area contributed by atoms with Gasteiger partial charge in [0, 0.05) is 29.2 Å². The fourth-order valence-corrected chi connectivity index (χ4v) is 5.38. The third-order valence-corrected chi connectivity index (χ3v) is 7.94. The highest BCUT2D eigenvalue weighted by atomic mass is 16.3. The van der Waals surface area contributed by atoms with Gasteiger partial charge in [-0.15, -0.1) is 10.2 Å². The maximum Gasteiger partial charge on any atom is 0.268 e. The van der Waals surface area contributed by atoms with E-state index in [0.717, 1.165) is 24.1 Å². The lowest BCUT2D eigenvalue weighted by molar-refractivity contribution is -0.131. The molecule has 6 N–H and O–H groups in total. The van der Waals surface area contributed by atoms with Crippen LogP contribution < -0.4 is 21.4 Å². The summed E-state index contributed by atoms with van der Waals surface area (Å²) in [6.07, 6.45) is 13.0. The Hall–Kier alpha value is -5.43. The van der Waals surface area contributed by atoms with Gasteiger partial charge in [0.2, 0.25) is 5.82 Å². The number of aromatic nitrogens is 5. The summed E-state index contributed by atoms with van der Waals surface area (Å²) in [7, 11) is 0. The van der Waals surface area contributed by atoms with E-state index in [1.165, 1.54) is 0 Å². The number of hydrogen-bond donors (Lipinski definition) is 6. The van der Waals surface area contributed by atoms with Crippen molar-refractivity contribution in [3.63, 3.8) is 0 Å². The molecule has 0 radical (unpaired) electrons. The monoisotopic (exact) mass is 624 g/mol. The minimum Gasteiger partial charge on any atom is -0.381 e. The number of benzene rings is 1. The number of aliphatic hydroxyl groups excluding tert-OH is 1. The largest absolute Gasteiger partial charge is 0.381 e. The van der Waals surface area contributed by atoms with E-state index in [0.29, 0.717) is 17.8 Å². The van der Waals surface area contributed by atoms with Gasteiger partial charge in [-0.3, -0.25) is 19.2 Å². The molecule has 3 amide bonds. The van der Waals surface area contributed by atoms with Crippen LogP contribution >= 0.6 is 0 Å². The van der Waals surface area contributed by atoms with E-state index in [-0.39, 0.29) is 23.7 Å². The van der Waals surface area contributed by atoms with Gasteiger partial charge in [-0.2, -0.15) is 5.21 Å². The first kappa shape index (κ1) is 32.0. The molecule has 2 aromatic heterocycles. The summed E-state index contributed by atoms with van der Waals surface area (Å²) in [5, 5.41) is 33.5. The van der Waals surface area contributed by atoms with Gasteiger partial charge in [0.1, 0.15) is 11.4 Å². The van der Waals surface area contributed by atoms with Crippen LogP contribution in [0.2, 0.25) is 0 Å². The van der Waals surface area contributed by atoms with E-state index in [1.807, 2.05) is 68.5 Å². The summed E-state index contributed by atoms with van der Waals surface area (Å²) in [5.41, 5.74) is -0.0614. The number of allylic oxidation sites excluding steroid dienone is 5. The number of aromatic amines is 2. The SMILES string of the molecule is CC(C)(NC(=O)c1cc(=O)cc(C(=O)NC(Cc2ccccc2)[C@H](O)C(=O)NC2C=C(c3nn[nH]n3)C=CC2)[nH]1)C1C=CC=CC1. The molecule has 3 unspecified atom stereocenters. The Morgan fingerprint density at radius 3 is 2.50 bits per heavy atom. The zero-order valence-electron chi connectivity index (χ0n) is 25.4. The van der Waals surface area contributed by atoms with Crippen LogP contribution in [0.25, 0.3) is 5.57 Å². The van der Waals surface area contributed by atoms with Crippen LogP contribution in [0.1, 0.15) is 59.1 Å². The predicted molar refractivity (Wildman–Crippen MR) is 170 cm³/mol. The quantitative estimate of drug-likeness (QED) is 0.186. The van der Waals surface area contributed by atoms with E-state index < -0.39 is 46.9 Å². The smallest absolute Gasteiger partial charge is 0.268 e. The number of carbonyl (C=O) groups excluding carboxylic acids is 3. The van der Waals surface area contributed by atoms with Crippen LogP contribution in [0, 0.1) is 5.92 Å². The summed E-state index contributed by atoms with van der Waals surface area (Å²) < 4.78 is 0. The number of carbonyl (C=O) groups is 3. The second-order valence-corrected chi connectivity index (χ2v) is 11.8. The predicted octanol–water partition coefficient (Wildman–Crippen LogP) is 1.76. The molecule has 13 nitrogen and oxygen atoms in total. The minimum absolute atomic E-state index is 0.0386. The molecule has 0 spiro atoms. The zero-order chi connectivity index (χ0) is 32.7. The normalized spacial score (nSPS) is 18.7. The average Bonchev–Trinajstić information content (AvgIpc) is 3.60. The van der Waals surface area contributed by atoms with Crippen molar-refractivity contribution in [3.05, 3.63) is 118 Å². The number of H-pyrrole nitrogens is 2. The van der Waals surface area contributed by atoms with Crippen molar-refractivity contribution in [1.82, 2.24) is 41.6 Å². The van der Waals surface area contributed by atoms with Crippen molar-refractivity contribution in [2.24, 2.45) is 5.92 Å². The Balaban J connectivity index is 1.31. The molecule has 13 heteroatoms. The summed E-state index contributed by atoms with van der Waals surface area (Å²) in [6.45, 7) is 3.78. The van der Waals surface area contributed by atoms with Crippen molar-refractivity contribution in [1.29, 1.82) is 0 Å². The minimum atomic E-state index is -1.66. The first-order chi connectivity index (χ1) is 22.1. The molecule has 0 fully saturated rings. The standard InChI is InChI=1S/C33H36N8O5/c1-33(2,22-13-7-4-8-14-22)37-31(45)27-19-24(42)18-26(35-27)30(44)36-25(16-20-10-5-3-6-11-20)28(43)32(46)34-23-15-9-12-21(17-23)29-38-40-41-39-29/h3-13,17-19,22-23,25,28,43H,14-16H2,1-2H3,(H,34,46)(H,35,42)(H,36,44)(H,37,45)(H,38,39,40,41)/t22?,23?,25?,28-/m0/s1. The fraction of sp³-hybridized carbons (Fsp3) is 0.303. The van der Waals surface area contributed by atoms with Crippen LogP contribution in [-0.2, 0) is 11.2 Å². The Labute approximate surface area is 265 Å². The molecule has 46 heavy (non-hydrogen) atoms. The maximum absolute atomic E-state index is 13.5. The Bertz CT molecular complexity index is 1740. The number of hydrogen-bond acceptors (Lipinski definition) is 8. The average molecular weight is 625 g/mol. The van der Waals surface area contributed by atoms with Crippen LogP contribution in [-0.4, -0.2) is 72.2 Å². The molecule has 2 aliphatic rings. The first-order valence-corrected chi connectivity index (χ1v) is 14.9. The molecule has 0 saturated carbocycles. The van der Waals surface area contributed by atoms with Gasteiger partial charge in [0.05, 0.1) is 12.1 Å². The molecular formula is C33H36N8O5. The Kier molecular flexibility index (Phi) is 9.82. The molecular weight excluding hydrogens is 588 g/mol. The summed E-state index contributed by atoms with van der Waals surface area (Å²) >= 11 is 0. The van der Waals surface area contributed by atoms with Gasteiger partial charge in [-0.25, -0.2) is 0 Å². The summed E-state index contributed by atoms with van der Waals surface area (Å²) in [4.78, 5) is 55.3. The molecule has 3 aromatic rings. The van der Waals surface area contributed by atoms with E-state index in [1.54, 1.807) is 18.2 Å². The molecule has 5 rings (SSSR count). The summed E-state index contributed by atoms with van der Waals surface area (Å²) in [5.74, 6) is -1.62. The maximum atomic E-state index is 13.5. The highest BCUT2D eigenvalue weighted by Crippen LogP contribution is 2.25. The van der Waals surface area contributed by atoms with Crippen LogP contribution in [0.4, 0.5) is 0 Å². The number of nitrogens with zero attached hydrogens (tertiary/aromatic N) is 3. The highest BCUT2D eigenvalue weighted by molar-refractivity contribution is 5.97. The number of pyridine rings is 1.